The lowest BCUT2D eigenvalue weighted by Crippen LogP contribution is -2.68. The standard InChI is InChI=1S/C33H58O13S/c1-16(2)21(45-30-27(38)28(43-6)22(46-30)15-44-47(40,41)42)8-7-17(3)24-25(36)26(37)29-32(24,5)12-10-23-31(4)11-9-18(34)13-19(31)20(35)14-33(23,29)39/h16-30,34-39H,7-15H2,1-6H3,(H,40,41,42)/t17-,18+,19-,20+,21?,22+,23-,24+,25-,26+,27-,28+,29-,30-,31+,32-,33+/m1/s1. The van der Waals surface area contributed by atoms with Crippen molar-refractivity contribution in [3.63, 3.8) is 0 Å². The summed E-state index contributed by atoms with van der Waals surface area (Å²) in [7, 11) is -3.38. The molecule has 0 aromatic heterocycles. The molecule has 4 aliphatic carbocycles. The van der Waals surface area contributed by atoms with Crippen LogP contribution in [0.15, 0.2) is 0 Å². The Kier molecular flexibility index (Phi) is 10.9. The first-order valence-electron chi connectivity index (χ1n) is 17.4. The molecule has 13 nitrogen and oxygen atoms in total. The molecule has 1 heterocycles. The third kappa shape index (κ3) is 6.69. The highest BCUT2D eigenvalue weighted by atomic mass is 32.3. The van der Waals surface area contributed by atoms with Crippen LogP contribution in [0.2, 0.25) is 0 Å². The van der Waals surface area contributed by atoms with Crippen molar-refractivity contribution >= 4 is 10.4 Å². The molecule has 0 amide bonds. The summed E-state index contributed by atoms with van der Waals surface area (Å²) in [4.78, 5) is 0. The van der Waals surface area contributed by atoms with Gasteiger partial charge in [0.15, 0.2) is 6.29 Å². The van der Waals surface area contributed by atoms with Crippen LogP contribution in [0.5, 0.6) is 0 Å². The largest absolute Gasteiger partial charge is 0.397 e. The highest BCUT2D eigenvalue weighted by Gasteiger charge is 2.72. The fraction of sp³-hybridized carbons (Fsp3) is 1.00. The second-order valence-electron chi connectivity index (χ2n) is 16.3. The zero-order valence-electron chi connectivity index (χ0n) is 28.5. The number of hydrogen-bond donors (Lipinski definition) is 7. The van der Waals surface area contributed by atoms with Crippen molar-refractivity contribution in [2.24, 2.45) is 46.3 Å². The Morgan fingerprint density at radius 2 is 1.60 bits per heavy atom. The van der Waals surface area contributed by atoms with Gasteiger partial charge in [0.2, 0.25) is 0 Å². The molecule has 5 aliphatic rings. The van der Waals surface area contributed by atoms with E-state index in [1.165, 1.54) is 7.11 Å². The molecule has 4 saturated carbocycles. The highest BCUT2D eigenvalue weighted by molar-refractivity contribution is 7.80. The van der Waals surface area contributed by atoms with Gasteiger partial charge in [0.05, 0.1) is 42.7 Å². The molecule has 0 aromatic carbocycles. The van der Waals surface area contributed by atoms with Gasteiger partial charge in [-0.15, -0.1) is 0 Å². The van der Waals surface area contributed by atoms with E-state index >= 15 is 0 Å². The summed E-state index contributed by atoms with van der Waals surface area (Å²) < 4.78 is 52.9. The molecule has 1 saturated heterocycles. The zero-order valence-corrected chi connectivity index (χ0v) is 29.3. The van der Waals surface area contributed by atoms with Gasteiger partial charge in [-0.2, -0.15) is 8.42 Å². The molecule has 47 heavy (non-hydrogen) atoms. The number of aliphatic hydroxyl groups excluding tert-OH is 5. The molecule has 0 bridgehead atoms. The van der Waals surface area contributed by atoms with E-state index in [4.69, 9.17) is 18.8 Å². The number of methoxy groups -OCH3 is 1. The van der Waals surface area contributed by atoms with Gasteiger partial charge in [0, 0.05) is 19.4 Å². The van der Waals surface area contributed by atoms with E-state index < -0.39 is 89.1 Å². The summed E-state index contributed by atoms with van der Waals surface area (Å²) in [5, 5.41) is 68.4. The molecule has 5 fully saturated rings. The van der Waals surface area contributed by atoms with Crippen molar-refractivity contribution in [1.29, 1.82) is 0 Å². The molecule has 0 radical (unpaired) electrons. The summed E-state index contributed by atoms with van der Waals surface area (Å²) in [5.41, 5.74) is -2.33. The topological polar surface area (TPSA) is 213 Å². The summed E-state index contributed by atoms with van der Waals surface area (Å²) in [6.07, 6.45) is -3.73. The van der Waals surface area contributed by atoms with E-state index in [0.29, 0.717) is 44.9 Å². The number of ether oxygens (including phenoxy) is 3. The molecule has 7 N–H and O–H groups in total. The van der Waals surface area contributed by atoms with Crippen molar-refractivity contribution in [1.82, 2.24) is 0 Å². The minimum Gasteiger partial charge on any atom is -0.393 e. The smallest absolute Gasteiger partial charge is 0.393 e. The summed E-state index contributed by atoms with van der Waals surface area (Å²) in [6.45, 7) is 9.61. The van der Waals surface area contributed by atoms with Crippen molar-refractivity contribution in [2.75, 3.05) is 13.7 Å². The van der Waals surface area contributed by atoms with E-state index in [1.54, 1.807) is 0 Å². The van der Waals surface area contributed by atoms with Crippen LogP contribution in [0.4, 0.5) is 0 Å². The number of hydrogen-bond acceptors (Lipinski definition) is 12. The Morgan fingerprint density at radius 1 is 0.936 bits per heavy atom. The Balaban J connectivity index is 1.29. The summed E-state index contributed by atoms with van der Waals surface area (Å²) >= 11 is 0. The lowest BCUT2D eigenvalue weighted by molar-refractivity contribution is -0.264. The Labute approximate surface area is 278 Å². The molecule has 14 heteroatoms. The minimum atomic E-state index is -4.72. The molecular weight excluding hydrogens is 636 g/mol. The highest BCUT2D eigenvalue weighted by Crippen LogP contribution is 2.69. The molecule has 0 spiro atoms. The number of aliphatic hydroxyl groups is 6. The fourth-order valence-electron chi connectivity index (χ4n) is 11.2. The first kappa shape index (κ1) is 37.8. The maximum absolute atomic E-state index is 12.6. The predicted octanol–water partition coefficient (Wildman–Crippen LogP) is 1.41. The molecule has 5 rings (SSSR count). The van der Waals surface area contributed by atoms with Gasteiger partial charge in [0.25, 0.3) is 0 Å². The third-order valence-corrected chi connectivity index (χ3v) is 13.8. The maximum atomic E-state index is 12.6. The average molecular weight is 695 g/mol. The Hall–Kier alpha value is -0.490. The van der Waals surface area contributed by atoms with Crippen LogP contribution in [-0.4, -0.2) is 118 Å². The van der Waals surface area contributed by atoms with Gasteiger partial charge in [-0.1, -0.05) is 34.6 Å². The van der Waals surface area contributed by atoms with Gasteiger partial charge in [-0.05, 0) is 85.4 Å². The molecule has 1 aliphatic heterocycles. The van der Waals surface area contributed by atoms with Gasteiger partial charge in [-0.3, -0.25) is 4.55 Å². The van der Waals surface area contributed by atoms with Crippen LogP contribution < -0.4 is 0 Å². The predicted molar refractivity (Wildman–Crippen MR) is 168 cm³/mol. The van der Waals surface area contributed by atoms with Crippen LogP contribution in [0.25, 0.3) is 0 Å². The van der Waals surface area contributed by atoms with E-state index in [1.807, 2.05) is 20.8 Å². The van der Waals surface area contributed by atoms with Crippen LogP contribution in [0.1, 0.15) is 86.0 Å². The number of fused-ring (bicyclic) bond motifs is 5. The monoisotopic (exact) mass is 694 g/mol. The van der Waals surface area contributed by atoms with Crippen molar-refractivity contribution in [3.8, 4) is 0 Å². The Bertz CT molecular complexity index is 1200. The van der Waals surface area contributed by atoms with Crippen LogP contribution >= 0.6 is 0 Å². The summed E-state index contributed by atoms with van der Waals surface area (Å²) in [5.74, 6) is -1.33. The second-order valence-corrected chi connectivity index (χ2v) is 17.4. The molecule has 274 valence electrons. The van der Waals surface area contributed by atoms with Crippen LogP contribution in [-0.2, 0) is 28.8 Å². The second kappa shape index (κ2) is 13.6. The first-order valence-corrected chi connectivity index (χ1v) is 18.7. The molecule has 0 aromatic rings. The summed E-state index contributed by atoms with van der Waals surface area (Å²) in [6, 6.07) is 0. The van der Waals surface area contributed by atoms with Crippen LogP contribution in [0, 0.1) is 46.3 Å². The quantitative estimate of drug-likeness (QED) is 0.153. The van der Waals surface area contributed by atoms with E-state index in [0.717, 1.165) is 0 Å². The van der Waals surface area contributed by atoms with Gasteiger partial charge < -0.3 is 44.8 Å². The van der Waals surface area contributed by atoms with E-state index in [2.05, 4.69) is 18.0 Å². The first-order chi connectivity index (χ1) is 21.8. The van der Waals surface area contributed by atoms with Crippen LogP contribution in [0.3, 0.4) is 0 Å². The normalized spacial score (nSPS) is 49.7. The van der Waals surface area contributed by atoms with Crippen molar-refractivity contribution in [3.05, 3.63) is 0 Å². The van der Waals surface area contributed by atoms with Gasteiger partial charge in [0.1, 0.15) is 18.3 Å². The Morgan fingerprint density at radius 3 is 2.21 bits per heavy atom. The third-order valence-electron chi connectivity index (χ3n) is 13.3. The lowest BCUT2D eigenvalue weighted by Gasteiger charge is -2.65. The van der Waals surface area contributed by atoms with Gasteiger partial charge in [-0.25, -0.2) is 4.18 Å². The number of rotatable bonds is 11. The van der Waals surface area contributed by atoms with E-state index in [9.17, 15) is 39.1 Å². The van der Waals surface area contributed by atoms with Crippen molar-refractivity contribution < 1.29 is 62.0 Å². The molecule has 17 atom stereocenters. The SMILES string of the molecule is CO[C@@H]1[C@@H](O)[C@H](OC(CC[C@@H](C)[C@H]2[C@@H](O)[C@H](O)[C@@H]3[C@]2(C)CC[C@@H]2[C@@]4(C)CC[C@H](O)C[C@@H]4[C@@H](O)C[C@]23O)C(C)C)O[C@H]1COS(=O)(=O)O. The minimum absolute atomic E-state index is 0.00267. The van der Waals surface area contributed by atoms with Crippen molar-refractivity contribution in [2.45, 2.75) is 147 Å². The fourth-order valence-corrected chi connectivity index (χ4v) is 11.6. The lowest BCUT2D eigenvalue weighted by atomic mass is 9.42. The molecular formula is C33H58O13S. The zero-order chi connectivity index (χ0) is 34.9. The molecule has 1 unspecified atom stereocenters. The van der Waals surface area contributed by atoms with E-state index in [-0.39, 0.29) is 41.4 Å². The maximum Gasteiger partial charge on any atom is 0.397 e. The van der Waals surface area contributed by atoms with Gasteiger partial charge >= 0.3 is 10.4 Å². The average Bonchev–Trinajstić information content (AvgIpc) is 3.38.